The van der Waals surface area contributed by atoms with E-state index in [2.05, 4.69) is 10.3 Å². The van der Waals surface area contributed by atoms with Crippen molar-refractivity contribution < 1.29 is 33.3 Å². The first-order valence-electron chi connectivity index (χ1n) is 11.9. The lowest BCUT2D eigenvalue weighted by Crippen LogP contribution is -2.43. The Labute approximate surface area is 217 Å². The molecule has 0 unspecified atom stereocenters. The van der Waals surface area contributed by atoms with E-state index >= 15 is 0 Å². The summed E-state index contributed by atoms with van der Waals surface area (Å²) in [5.41, 5.74) is 11.6. The summed E-state index contributed by atoms with van der Waals surface area (Å²) in [5.74, 6) is -0.0233. The number of rotatable bonds is 10. The minimum Gasteiger partial charge on any atom is -0.486 e. The van der Waals surface area contributed by atoms with Gasteiger partial charge in [0.2, 0.25) is 5.43 Å². The fraction of sp³-hybridized carbons (Fsp3) is 0.308. The van der Waals surface area contributed by atoms with Gasteiger partial charge in [0.25, 0.3) is 5.91 Å². The molecule has 6 N–H and O–H groups in total. The molecular weight excluding hydrogens is 496 g/mol. The molecule has 4 rings (SSSR count). The van der Waals surface area contributed by atoms with Crippen LogP contribution in [0.1, 0.15) is 18.6 Å². The predicted molar refractivity (Wildman–Crippen MR) is 139 cm³/mol. The number of amides is 1. The minimum atomic E-state index is -1.18. The number of carbonyl (C=O) groups excluding carboxylic acids is 1. The highest BCUT2D eigenvalue weighted by atomic mass is 16.6. The number of guanidine groups is 1. The van der Waals surface area contributed by atoms with Gasteiger partial charge in [-0.3, -0.25) is 14.6 Å². The molecule has 0 saturated carbocycles. The maximum absolute atomic E-state index is 13.3. The smallest absolute Gasteiger partial charge is 0.326 e. The zero-order valence-corrected chi connectivity index (χ0v) is 20.7. The van der Waals surface area contributed by atoms with Crippen LogP contribution in [0.3, 0.4) is 0 Å². The van der Waals surface area contributed by atoms with E-state index in [0.717, 1.165) is 0 Å². The van der Waals surface area contributed by atoms with Crippen molar-refractivity contribution in [3.63, 3.8) is 0 Å². The average Bonchev–Trinajstić information content (AvgIpc) is 2.88. The van der Waals surface area contributed by atoms with Gasteiger partial charge < -0.3 is 40.5 Å². The van der Waals surface area contributed by atoms with Crippen molar-refractivity contribution in [3.05, 3.63) is 52.4 Å². The zero-order chi connectivity index (χ0) is 27.2. The molecule has 2 heterocycles. The van der Waals surface area contributed by atoms with E-state index < -0.39 is 24.5 Å². The van der Waals surface area contributed by atoms with Crippen LogP contribution in [0.25, 0.3) is 22.1 Å². The first kappa shape index (κ1) is 26.3. The first-order valence-corrected chi connectivity index (χ1v) is 11.9. The number of nitrogens with one attached hydrogen (secondary N) is 1. The number of carboxylic acid groups (broad SMARTS) is 1. The lowest BCUT2D eigenvalue weighted by atomic mass is 10.0. The van der Waals surface area contributed by atoms with Crippen LogP contribution < -0.4 is 36.4 Å². The van der Waals surface area contributed by atoms with E-state index in [1.54, 1.807) is 37.3 Å². The number of fused-ring (bicyclic) bond motifs is 2. The Morgan fingerprint density at radius 2 is 1.89 bits per heavy atom. The summed E-state index contributed by atoms with van der Waals surface area (Å²) in [6.07, 6.45) is 0.511. The molecule has 12 nitrogen and oxygen atoms in total. The second-order valence-electron chi connectivity index (χ2n) is 8.57. The molecular formula is C26H28N4O8. The number of nitrogens with two attached hydrogens (primary N) is 2. The molecule has 2 aromatic carbocycles. The molecule has 3 aromatic rings. The Morgan fingerprint density at radius 3 is 2.63 bits per heavy atom. The Hall–Kier alpha value is -4.74. The van der Waals surface area contributed by atoms with E-state index in [9.17, 15) is 19.5 Å². The van der Waals surface area contributed by atoms with Crippen LogP contribution in [0.5, 0.6) is 17.2 Å². The molecule has 12 heteroatoms. The highest BCUT2D eigenvalue weighted by molar-refractivity contribution is 5.86. The SMILES string of the molecule is Cc1oc2cc(OCC(=O)N[C@H](CCCN=C(N)N)C(=O)O)ccc2c(=O)c1-c1ccc2c(c1)OCCO2. The first-order chi connectivity index (χ1) is 18.2. The van der Waals surface area contributed by atoms with Crippen molar-refractivity contribution in [1.82, 2.24) is 5.32 Å². The number of hydrogen-bond acceptors (Lipinski definition) is 8. The normalized spacial score (nSPS) is 13.0. The van der Waals surface area contributed by atoms with Crippen molar-refractivity contribution >= 4 is 28.8 Å². The quantitative estimate of drug-likeness (QED) is 0.172. The lowest BCUT2D eigenvalue weighted by Gasteiger charge is -2.19. The molecule has 1 atom stereocenters. The number of aliphatic imine (C=N–C) groups is 1. The van der Waals surface area contributed by atoms with Crippen LogP contribution in [0, 0.1) is 6.92 Å². The van der Waals surface area contributed by atoms with Crippen LogP contribution in [0.4, 0.5) is 0 Å². The number of nitrogens with zero attached hydrogens (tertiary/aromatic N) is 1. The second kappa shape index (κ2) is 11.5. The summed E-state index contributed by atoms with van der Waals surface area (Å²) in [5, 5.41) is 12.1. The molecule has 200 valence electrons. The zero-order valence-electron chi connectivity index (χ0n) is 20.7. The number of aryl methyl sites for hydroxylation is 1. The van der Waals surface area contributed by atoms with E-state index in [1.807, 2.05) is 0 Å². The van der Waals surface area contributed by atoms with E-state index in [-0.39, 0.29) is 35.7 Å². The van der Waals surface area contributed by atoms with Gasteiger partial charge in [0.15, 0.2) is 24.1 Å². The average molecular weight is 525 g/mol. The standard InChI is InChI=1S/C26H28N4O8/c1-14-23(15-4-7-19-21(11-15)36-10-9-35-19)24(32)17-6-5-16(12-20(17)38-14)37-13-22(31)30-18(25(33)34)3-2-8-29-26(27)28/h4-7,11-12,18H,2-3,8-10,13H2,1H3,(H,30,31)(H,33,34)(H4,27,28,29)/t18-/m1/s1. The maximum atomic E-state index is 13.3. The van der Waals surface area contributed by atoms with Gasteiger partial charge in [0.1, 0.15) is 36.3 Å². The molecule has 1 amide bonds. The fourth-order valence-corrected chi connectivity index (χ4v) is 4.05. The number of aliphatic carboxylic acids is 1. The summed E-state index contributed by atoms with van der Waals surface area (Å²) in [4.78, 5) is 40.8. The Balaban J connectivity index is 1.45. The number of carboxylic acids is 1. The molecule has 0 radical (unpaired) electrons. The molecule has 0 saturated heterocycles. The number of carbonyl (C=O) groups is 2. The highest BCUT2D eigenvalue weighted by Gasteiger charge is 2.21. The van der Waals surface area contributed by atoms with Gasteiger partial charge in [-0.1, -0.05) is 6.07 Å². The van der Waals surface area contributed by atoms with E-state index in [4.69, 9.17) is 30.1 Å². The van der Waals surface area contributed by atoms with Crippen molar-refractivity contribution in [2.24, 2.45) is 16.5 Å². The van der Waals surface area contributed by atoms with Gasteiger partial charge in [-0.2, -0.15) is 0 Å². The topological polar surface area (TPSA) is 189 Å². The predicted octanol–water partition coefficient (Wildman–Crippen LogP) is 1.54. The largest absolute Gasteiger partial charge is 0.486 e. The summed E-state index contributed by atoms with van der Waals surface area (Å²) in [7, 11) is 0. The van der Waals surface area contributed by atoms with Crippen molar-refractivity contribution in [2.75, 3.05) is 26.4 Å². The van der Waals surface area contributed by atoms with Crippen LogP contribution in [-0.4, -0.2) is 55.3 Å². The van der Waals surface area contributed by atoms with Crippen LogP contribution in [-0.2, 0) is 9.59 Å². The molecule has 0 aliphatic carbocycles. The van der Waals surface area contributed by atoms with Gasteiger partial charge >= 0.3 is 5.97 Å². The van der Waals surface area contributed by atoms with Crippen molar-refractivity contribution in [2.45, 2.75) is 25.8 Å². The molecule has 0 fully saturated rings. The Bertz CT molecular complexity index is 1450. The minimum absolute atomic E-state index is 0.0877. The summed E-state index contributed by atoms with van der Waals surface area (Å²) in [6, 6.07) is 8.78. The molecule has 1 aliphatic heterocycles. The second-order valence-corrected chi connectivity index (χ2v) is 8.57. The van der Waals surface area contributed by atoms with Crippen LogP contribution >= 0.6 is 0 Å². The Morgan fingerprint density at radius 1 is 1.13 bits per heavy atom. The number of ether oxygens (including phenoxy) is 3. The van der Waals surface area contributed by atoms with E-state index in [0.29, 0.717) is 53.4 Å². The third-order valence-corrected chi connectivity index (χ3v) is 5.82. The summed E-state index contributed by atoms with van der Waals surface area (Å²) < 4.78 is 22.6. The van der Waals surface area contributed by atoms with Gasteiger partial charge in [-0.15, -0.1) is 0 Å². The van der Waals surface area contributed by atoms with Gasteiger partial charge in [-0.25, -0.2) is 4.79 Å². The van der Waals surface area contributed by atoms with Gasteiger partial charge in [0, 0.05) is 12.6 Å². The lowest BCUT2D eigenvalue weighted by molar-refractivity contribution is -0.142. The number of benzene rings is 2. The summed E-state index contributed by atoms with van der Waals surface area (Å²) in [6.45, 7) is 2.40. The van der Waals surface area contributed by atoms with Gasteiger partial charge in [0.05, 0.1) is 10.9 Å². The van der Waals surface area contributed by atoms with Crippen molar-refractivity contribution in [3.8, 4) is 28.4 Å². The monoisotopic (exact) mass is 524 g/mol. The Kier molecular flexibility index (Phi) is 8.00. The maximum Gasteiger partial charge on any atom is 0.326 e. The summed E-state index contributed by atoms with van der Waals surface area (Å²) >= 11 is 0. The van der Waals surface area contributed by atoms with E-state index in [1.165, 1.54) is 6.07 Å². The molecule has 0 spiro atoms. The third kappa shape index (κ3) is 6.14. The van der Waals surface area contributed by atoms with Gasteiger partial charge in [-0.05, 0) is 49.6 Å². The van der Waals surface area contributed by atoms with Crippen LogP contribution in [0.15, 0.2) is 50.6 Å². The van der Waals surface area contributed by atoms with Crippen molar-refractivity contribution in [1.29, 1.82) is 0 Å². The molecule has 0 bridgehead atoms. The molecule has 38 heavy (non-hydrogen) atoms. The highest BCUT2D eigenvalue weighted by Crippen LogP contribution is 2.35. The third-order valence-electron chi connectivity index (χ3n) is 5.82. The molecule has 1 aromatic heterocycles. The number of hydrogen-bond donors (Lipinski definition) is 4. The fourth-order valence-electron chi connectivity index (χ4n) is 4.05. The molecule has 1 aliphatic rings. The van der Waals surface area contributed by atoms with Crippen LogP contribution in [0.2, 0.25) is 0 Å².